The first kappa shape index (κ1) is 20.4. The zero-order valence-corrected chi connectivity index (χ0v) is 17.2. The maximum atomic E-state index is 14.0. The van der Waals surface area contributed by atoms with Crippen molar-refractivity contribution >= 4 is 23.7 Å². The van der Waals surface area contributed by atoms with E-state index in [4.69, 9.17) is 4.74 Å². The molecule has 29 heavy (non-hydrogen) atoms. The van der Waals surface area contributed by atoms with Gasteiger partial charge in [-0.2, -0.15) is 0 Å². The van der Waals surface area contributed by atoms with E-state index in [1.807, 2.05) is 67.6 Å². The highest BCUT2D eigenvalue weighted by Crippen LogP contribution is 2.45. The highest BCUT2D eigenvalue weighted by atomic mass is 31.2. The standard InChI is InChI=1S/C25H21O3P/c1-20(13-14-21-15-17-22(18-16-21)25(26)28-2)19-29(27,23-9-5-3-6-10-23)24-11-7-4-8-12-24/h3-12,15-19H,1-2H3/b20-19+. The molecule has 0 aliphatic heterocycles. The van der Waals surface area contributed by atoms with Crippen molar-refractivity contribution in [3.05, 3.63) is 107 Å². The first-order chi connectivity index (χ1) is 14.0. The topological polar surface area (TPSA) is 43.4 Å². The van der Waals surface area contributed by atoms with E-state index >= 15 is 0 Å². The smallest absolute Gasteiger partial charge is 0.337 e. The maximum absolute atomic E-state index is 14.0. The van der Waals surface area contributed by atoms with Crippen LogP contribution in [0.2, 0.25) is 0 Å². The quantitative estimate of drug-likeness (QED) is 0.361. The predicted molar refractivity (Wildman–Crippen MR) is 118 cm³/mol. The average molecular weight is 400 g/mol. The van der Waals surface area contributed by atoms with E-state index in [0.29, 0.717) is 5.56 Å². The van der Waals surface area contributed by atoms with Crippen LogP contribution >= 0.6 is 7.14 Å². The lowest BCUT2D eigenvalue weighted by molar-refractivity contribution is 0.0600. The molecule has 0 N–H and O–H groups in total. The third-order valence-corrected chi connectivity index (χ3v) is 7.25. The maximum Gasteiger partial charge on any atom is 0.337 e. The molecule has 0 heterocycles. The van der Waals surface area contributed by atoms with Crippen molar-refractivity contribution in [2.45, 2.75) is 6.92 Å². The van der Waals surface area contributed by atoms with E-state index in [1.165, 1.54) is 7.11 Å². The van der Waals surface area contributed by atoms with Crippen LogP contribution in [-0.4, -0.2) is 13.1 Å². The lowest BCUT2D eigenvalue weighted by Gasteiger charge is -2.15. The fraction of sp³-hybridized carbons (Fsp3) is 0.0800. The molecule has 3 rings (SSSR count). The van der Waals surface area contributed by atoms with Gasteiger partial charge in [0.15, 0.2) is 7.14 Å². The lowest BCUT2D eigenvalue weighted by Crippen LogP contribution is -2.14. The Hall–Kier alpha value is -3.34. The van der Waals surface area contributed by atoms with Gasteiger partial charge in [0.05, 0.1) is 12.7 Å². The molecule has 0 unspecified atom stereocenters. The van der Waals surface area contributed by atoms with Crippen LogP contribution in [0.25, 0.3) is 0 Å². The minimum Gasteiger partial charge on any atom is -0.465 e. The summed E-state index contributed by atoms with van der Waals surface area (Å²) in [6.45, 7) is 1.86. The van der Waals surface area contributed by atoms with Gasteiger partial charge in [0, 0.05) is 21.7 Å². The second-order valence-electron chi connectivity index (χ2n) is 6.46. The van der Waals surface area contributed by atoms with Crippen LogP contribution in [-0.2, 0) is 9.30 Å². The first-order valence-corrected chi connectivity index (χ1v) is 10.9. The Bertz CT molecular complexity index is 1080. The summed E-state index contributed by atoms with van der Waals surface area (Å²) in [6, 6.07) is 25.8. The van der Waals surface area contributed by atoms with Gasteiger partial charge in [0.25, 0.3) is 0 Å². The Morgan fingerprint density at radius 1 is 0.862 bits per heavy atom. The van der Waals surface area contributed by atoms with Crippen LogP contribution in [0.1, 0.15) is 22.8 Å². The van der Waals surface area contributed by atoms with Crippen molar-refractivity contribution in [2.75, 3.05) is 7.11 Å². The lowest BCUT2D eigenvalue weighted by atomic mass is 10.1. The molecular weight excluding hydrogens is 379 g/mol. The molecule has 0 radical (unpaired) electrons. The third kappa shape index (κ3) is 4.93. The molecule has 0 amide bonds. The monoisotopic (exact) mass is 400 g/mol. The van der Waals surface area contributed by atoms with Crippen LogP contribution < -0.4 is 10.6 Å². The van der Waals surface area contributed by atoms with E-state index in [-0.39, 0.29) is 5.97 Å². The first-order valence-electron chi connectivity index (χ1n) is 9.14. The van der Waals surface area contributed by atoms with Gasteiger partial charge in [-0.05, 0) is 37.0 Å². The highest BCUT2D eigenvalue weighted by Gasteiger charge is 2.24. The average Bonchev–Trinajstić information content (AvgIpc) is 2.78. The van der Waals surface area contributed by atoms with Crippen LogP contribution in [0, 0.1) is 11.8 Å². The van der Waals surface area contributed by atoms with Crippen molar-refractivity contribution in [3.8, 4) is 11.8 Å². The summed E-state index contributed by atoms with van der Waals surface area (Å²) in [6.07, 6.45) is 0. The summed E-state index contributed by atoms with van der Waals surface area (Å²) in [4.78, 5) is 11.5. The minimum absolute atomic E-state index is 0.382. The minimum atomic E-state index is -2.95. The number of hydrogen-bond donors (Lipinski definition) is 0. The van der Waals surface area contributed by atoms with Crippen LogP contribution in [0.5, 0.6) is 0 Å². The van der Waals surface area contributed by atoms with Crippen LogP contribution in [0.3, 0.4) is 0 Å². The van der Waals surface area contributed by atoms with Crippen molar-refractivity contribution in [1.29, 1.82) is 0 Å². The molecule has 0 spiro atoms. The van der Waals surface area contributed by atoms with Gasteiger partial charge < -0.3 is 9.30 Å². The molecule has 0 atom stereocenters. The largest absolute Gasteiger partial charge is 0.465 e. The molecule has 3 aromatic carbocycles. The molecule has 0 aliphatic carbocycles. The molecule has 4 heteroatoms. The summed E-state index contributed by atoms with van der Waals surface area (Å²) in [5.41, 5.74) is 1.96. The number of hydrogen-bond acceptors (Lipinski definition) is 3. The van der Waals surface area contributed by atoms with Gasteiger partial charge in [-0.15, -0.1) is 0 Å². The number of rotatable bonds is 4. The van der Waals surface area contributed by atoms with E-state index in [1.54, 1.807) is 30.1 Å². The molecule has 144 valence electrons. The molecule has 0 aromatic heterocycles. The fourth-order valence-corrected chi connectivity index (χ4v) is 5.32. The third-order valence-electron chi connectivity index (χ3n) is 4.37. The Morgan fingerprint density at radius 3 is 1.86 bits per heavy atom. The van der Waals surface area contributed by atoms with Gasteiger partial charge in [-0.1, -0.05) is 72.5 Å². The summed E-state index contributed by atoms with van der Waals surface area (Å²) in [7, 11) is -1.60. The zero-order chi connectivity index (χ0) is 20.7. The second-order valence-corrected chi connectivity index (χ2v) is 9.07. The van der Waals surface area contributed by atoms with Gasteiger partial charge >= 0.3 is 5.97 Å². The molecule has 0 aliphatic rings. The van der Waals surface area contributed by atoms with Crippen LogP contribution in [0.4, 0.5) is 0 Å². The highest BCUT2D eigenvalue weighted by molar-refractivity contribution is 7.81. The molecular formula is C25H21O3P. The Kier molecular flexibility index (Phi) is 6.50. The van der Waals surface area contributed by atoms with Gasteiger partial charge in [0.2, 0.25) is 0 Å². The zero-order valence-electron chi connectivity index (χ0n) is 16.3. The SMILES string of the molecule is COC(=O)c1ccc(C#C/C(C)=C/P(=O)(c2ccccc2)c2ccccc2)cc1. The Labute approximate surface area is 171 Å². The number of carbonyl (C=O) groups excluding carboxylic acids is 1. The normalized spacial score (nSPS) is 11.3. The molecule has 0 saturated heterocycles. The van der Waals surface area contributed by atoms with Crippen molar-refractivity contribution in [1.82, 2.24) is 0 Å². The number of carbonyl (C=O) groups is 1. The number of benzene rings is 3. The number of esters is 1. The van der Waals surface area contributed by atoms with Gasteiger partial charge in [-0.3, -0.25) is 0 Å². The second kappa shape index (κ2) is 9.24. The van der Waals surface area contributed by atoms with E-state index < -0.39 is 7.14 Å². The number of ether oxygens (including phenoxy) is 1. The Balaban J connectivity index is 1.95. The molecule has 3 aromatic rings. The Morgan fingerprint density at radius 2 is 1.38 bits per heavy atom. The summed E-state index contributed by atoms with van der Waals surface area (Å²) < 4.78 is 18.7. The van der Waals surface area contributed by atoms with Crippen LogP contribution in [0.15, 0.2) is 96.3 Å². The molecule has 0 saturated carbocycles. The van der Waals surface area contributed by atoms with Gasteiger partial charge in [0.1, 0.15) is 0 Å². The van der Waals surface area contributed by atoms with Gasteiger partial charge in [-0.25, -0.2) is 4.79 Å². The number of methoxy groups -OCH3 is 1. The molecule has 3 nitrogen and oxygen atoms in total. The summed E-state index contributed by atoms with van der Waals surface area (Å²) in [5, 5.41) is 1.55. The van der Waals surface area contributed by atoms with Crippen molar-refractivity contribution in [2.24, 2.45) is 0 Å². The molecule has 0 bridgehead atoms. The van der Waals surface area contributed by atoms with E-state index in [0.717, 1.165) is 21.7 Å². The fourth-order valence-electron chi connectivity index (χ4n) is 2.88. The molecule has 0 fully saturated rings. The van der Waals surface area contributed by atoms with E-state index in [9.17, 15) is 9.36 Å². The predicted octanol–water partition coefficient (Wildman–Crippen LogP) is 4.74. The van der Waals surface area contributed by atoms with Crippen molar-refractivity contribution < 1.29 is 14.1 Å². The summed E-state index contributed by atoms with van der Waals surface area (Å²) >= 11 is 0. The van der Waals surface area contributed by atoms with Crippen molar-refractivity contribution in [3.63, 3.8) is 0 Å². The summed E-state index contributed by atoms with van der Waals surface area (Å²) in [5.74, 6) is 7.53. The number of allylic oxidation sites excluding steroid dienone is 1. The van der Waals surface area contributed by atoms with E-state index in [2.05, 4.69) is 11.8 Å².